The predicted octanol–water partition coefficient (Wildman–Crippen LogP) is 0.667. The molecule has 17 heavy (non-hydrogen) atoms. The van der Waals surface area contributed by atoms with Crippen molar-refractivity contribution in [1.29, 1.82) is 0 Å². The molecule has 1 N–H and O–H groups in total. The standard InChI is InChI=1S/C12H15NO4/c1-2-17-12(15)9-7-11(14)13-10-4-6-16-5-3-8(9)10/h7H,2-6H2,1H3,(H,13,14). The molecule has 1 aromatic heterocycles. The number of esters is 1. The van der Waals surface area contributed by atoms with Crippen LogP contribution in [0.25, 0.3) is 0 Å². The van der Waals surface area contributed by atoms with E-state index in [1.165, 1.54) is 6.07 Å². The molecule has 1 aliphatic rings. The Morgan fingerprint density at radius 2 is 2.24 bits per heavy atom. The van der Waals surface area contributed by atoms with E-state index >= 15 is 0 Å². The number of carbonyl (C=O) groups excluding carboxylic acids is 1. The van der Waals surface area contributed by atoms with Crippen molar-refractivity contribution in [1.82, 2.24) is 4.98 Å². The van der Waals surface area contributed by atoms with Crippen LogP contribution in [0.1, 0.15) is 28.5 Å². The van der Waals surface area contributed by atoms with E-state index in [1.807, 2.05) is 0 Å². The van der Waals surface area contributed by atoms with E-state index in [0.29, 0.717) is 38.2 Å². The topological polar surface area (TPSA) is 68.4 Å². The summed E-state index contributed by atoms with van der Waals surface area (Å²) in [7, 11) is 0. The Balaban J connectivity index is 2.46. The van der Waals surface area contributed by atoms with Gasteiger partial charge >= 0.3 is 5.97 Å². The summed E-state index contributed by atoms with van der Waals surface area (Å²) >= 11 is 0. The number of hydrogen-bond donors (Lipinski definition) is 1. The molecule has 0 fully saturated rings. The predicted molar refractivity (Wildman–Crippen MR) is 61.2 cm³/mol. The van der Waals surface area contributed by atoms with E-state index in [1.54, 1.807) is 6.92 Å². The Kier molecular flexibility index (Phi) is 3.58. The maximum atomic E-state index is 11.8. The average Bonchev–Trinajstić information content (AvgIpc) is 2.53. The highest BCUT2D eigenvalue weighted by atomic mass is 16.5. The lowest BCUT2D eigenvalue weighted by atomic mass is 10.0. The lowest BCUT2D eigenvalue weighted by molar-refractivity contribution is 0.0524. The lowest BCUT2D eigenvalue weighted by Crippen LogP contribution is -2.18. The van der Waals surface area contributed by atoms with Gasteiger partial charge in [0.1, 0.15) is 0 Å². The van der Waals surface area contributed by atoms with E-state index in [-0.39, 0.29) is 5.56 Å². The van der Waals surface area contributed by atoms with Gasteiger partial charge in [-0.3, -0.25) is 4.79 Å². The molecule has 0 amide bonds. The maximum absolute atomic E-state index is 11.8. The number of fused-ring (bicyclic) bond motifs is 1. The Morgan fingerprint density at radius 1 is 1.47 bits per heavy atom. The third-order valence-electron chi connectivity index (χ3n) is 2.73. The molecule has 1 aromatic rings. The van der Waals surface area contributed by atoms with Crippen molar-refractivity contribution in [2.45, 2.75) is 19.8 Å². The number of aromatic amines is 1. The molecule has 5 heteroatoms. The first kappa shape index (κ1) is 11.9. The molecule has 2 rings (SSSR count). The summed E-state index contributed by atoms with van der Waals surface area (Å²) in [5.41, 5.74) is 1.74. The summed E-state index contributed by atoms with van der Waals surface area (Å²) in [6, 6.07) is 1.31. The molecular formula is C12H15NO4. The molecule has 0 radical (unpaired) electrons. The van der Waals surface area contributed by atoms with Gasteiger partial charge in [-0.1, -0.05) is 0 Å². The highest BCUT2D eigenvalue weighted by Gasteiger charge is 2.19. The second-order valence-corrected chi connectivity index (χ2v) is 3.84. The molecule has 0 saturated heterocycles. The van der Waals surface area contributed by atoms with Crippen LogP contribution in [-0.4, -0.2) is 30.8 Å². The SMILES string of the molecule is CCOC(=O)c1cc(=O)[nH]c2c1CCOCC2. The van der Waals surface area contributed by atoms with E-state index < -0.39 is 5.97 Å². The van der Waals surface area contributed by atoms with E-state index in [4.69, 9.17) is 9.47 Å². The van der Waals surface area contributed by atoms with Gasteiger partial charge < -0.3 is 14.5 Å². The van der Waals surface area contributed by atoms with Crippen molar-refractivity contribution in [2.24, 2.45) is 0 Å². The van der Waals surface area contributed by atoms with Crippen LogP contribution in [0.5, 0.6) is 0 Å². The molecule has 0 saturated carbocycles. The van der Waals surface area contributed by atoms with E-state index in [2.05, 4.69) is 4.98 Å². The van der Waals surface area contributed by atoms with Crippen LogP contribution in [0, 0.1) is 0 Å². The van der Waals surface area contributed by atoms with Gasteiger partial charge in [0, 0.05) is 18.2 Å². The summed E-state index contributed by atoms with van der Waals surface area (Å²) < 4.78 is 10.3. The molecule has 5 nitrogen and oxygen atoms in total. The molecule has 0 aliphatic carbocycles. The third-order valence-corrected chi connectivity index (χ3v) is 2.73. The minimum absolute atomic E-state index is 0.270. The maximum Gasteiger partial charge on any atom is 0.338 e. The summed E-state index contributed by atoms with van der Waals surface area (Å²) in [4.78, 5) is 26.0. The van der Waals surface area contributed by atoms with Crippen molar-refractivity contribution in [3.05, 3.63) is 33.2 Å². The lowest BCUT2D eigenvalue weighted by Gasteiger charge is -2.10. The van der Waals surface area contributed by atoms with Gasteiger partial charge in [0.25, 0.3) is 0 Å². The van der Waals surface area contributed by atoms with Crippen molar-refractivity contribution in [2.75, 3.05) is 19.8 Å². The van der Waals surface area contributed by atoms with Gasteiger partial charge in [0.15, 0.2) is 0 Å². The smallest absolute Gasteiger partial charge is 0.338 e. The Bertz CT molecular complexity index is 478. The number of hydrogen-bond acceptors (Lipinski definition) is 4. The minimum Gasteiger partial charge on any atom is -0.462 e. The number of H-pyrrole nitrogens is 1. The van der Waals surface area contributed by atoms with E-state index in [0.717, 1.165) is 11.3 Å². The van der Waals surface area contributed by atoms with Gasteiger partial charge in [-0.2, -0.15) is 0 Å². The zero-order valence-electron chi connectivity index (χ0n) is 9.75. The molecule has 0 bridgehead atoms. The van der Waals surface area contributed by atoms with Crippen LogP contribution in [0.2, 0.25) is 0 Å². The molecule has 1 aliphatic heterocycles. The molecule has 0 aromatic carbocycles. The summed E-state index contributed by atoms with van der Waals surface area (Å²) in [6.45, 7) is 3.17. The first-order chi connectivity index (χ1) is 8.22. The van der Waals surface area contributed by atoms with Gasteiger partial charge in [0.2, 0.25) is 5.56 Å². The number of ether oxygens (including phenoxy) is 2. The first-order valence-corrected chi connectivity index (χ1v) is 5.72. The van der Waals surface area contributed by atoms with Gasteiger partial charge in [-0.15, -0.1) is 0 Å². The summed E-state index contributed by atoms with van der Waals surface area (Å²) in [6.07, 6.45) is 1.25. The van der Waals surface area contributed by atoms with Crippen LogP contribution in [0.15, 0.2) is 10.9 Å². The second kappa shape index (κ2) is 5.14. The molecule has 0 spiro atoms. The molecule has 0 atom stereocenters. The van der Waals surface area contributed by atoms with Gasteiger partial charge in [0.05, 0.1) is 25.4 Å². The number of pyridine rings is 1. The van der Waals surface area contributed by atoms with Crippen molar-refractivity contribution >= 4 is 5.97 Å². The van der Waals surface area contributed by atoms with Crippen LogP contribution in [0.3, 0.4) is 0 Å². The van der Waals surface area contributed by atoms with Crippen LogP contribution >= 0.6 is 0 Å². The fraction of sp³-hybridized carbons (Fsp3) is 0.500. The number of carbonyl (C=O) groups is 1. The normalized spacial score (nSPS) is 14.9. The van der Waals surface area contributed by atoms with Crippen LogP contribution in [-0.2, 0) is 22.3 Å². The third kappa shape index (κ3) is 2.55. The number of nitrogens with one attached hydrogen (secondary N) is 1. The molecule has 2 heterocycles. The Morgan fingerprint density at radius 3 is 3.00 bits per heavy atom. The fourth-order valence-corrected chi connectivity index (χ4v) is 1.98. The quantitative estimate of drug-likeness (QED) is 0.767. The van der Waals surface area contributed by atoms with Crippen LogP contribution in [0.4, 0.5) is 0 Å². The Hall–Kier alpha value is -1.62. The molecule has 0 unspecified atom stereocenters. The summed E-state index contributed by atoms with van der Waals surface area (Å²) in [5, 5.41) is 0. The highest BCUT2D eigenvalue weighted by molar-refractivity contribution is 5.91. The van der Waals surface area contributed by atoms with Crippen LogP contribution < -0.4 is 5.56 Å². The monoisotopic (exact) mass is 237 g/mol. The van der Waals surface area contributed by atoms with Crippen molar-refractivity contribution < 1.29 is 14.3 Å². The summed E-state index contributed by atoms with van der Waals surface area (Å²) in [5.74, 6) is -0.434. The van der Waals surface area contributed by atoms with E-state index in [9.17, 15) is 9.59 Å². The average molecular weight is 237 g/mol. The first-order valence-electron chi connectivity index (χ1n) is 5.72. The molecule has 92 valence electrons. The second-order valence-electron chi connectivity index (χ2n) is 3.84. The number of aromatic nitrogens is 1. The van der Waals surface area contributed by atoms with Gasteiger partial charge in [-0.05, 0) is 18.9 Å². The molecular weight excluding hydrogens is 222 g/mol. The van der Waals surface area contributed by atoms with Gasteiger partial charge in [-0.25, -0.2) is 4.79 Å². The number of rotatable bonds is 2. The fourth-order valence-electron chi connectivity index (χ4n) is 1.98. The zero-order chi connectivity index (χ0) is 12.3. The largest absolute Gasteiger partial charge is 0.462 e. The van der Waals surface area contributed by atoms with Crippen molar-refractivity contribution in [3.8, 4) is 0 Å². The zero-order valence-corrected chi connectivity index (χ0v) is 9.75. The highest BCUT2D eigenvalue weighted by Crippen LogP contribution is 2.16. The van der Waals surface area contributed by atoms with Crippen molar-refractivity contribution in [3.63, 3.8) is 0 Å². The minimum atomic E-state index is -0.434. The Labute approximate surface area is 98.7 Å².